The van der Waals surface area contributed by atoms with E-state index in [-0.39, 0.29) is 22.0 Å². The quantitative estimate of drug-likeness (QED) is 0.856. The molecule has 1 aromatic rings. The Bertz CT molecular complexity index is 528. The van der Waals surface area contributed by atoms with E-state index in [1.165, 1.54) is 18.2 Å². The molecular weight excluding hydrogens is 264 g/mol. The number of carbonyl (C=O) groups is 1. The smallest absolute Gasteiger partial charge is 0.250 e. The van der Waals surface area contributed by atoms with Crippen molar-refractivity contribution in [2.45, 2.75) is 13.3 Å². The number of nitrogens with one attached hydrogen (secondary N) is 1. The molecule has 0 aliphatic carbocycles. The Morgan fingerprint density at radius 1 is 1.47 bits per heavy atom. The molecule has 0 fully saturated rings. The maximum atomic E-state index is 11.5. The first-order valence-electron chi connectivity index (χ1n) is 4.95. The minimum absolute atomic E-state index is 0.0154. The number of hydrogen-bond acceptors (Lipinski definition) is 3. The van der Waals surface area contributed by atoms with Crippen molar-refractivity contribution in [3.63, 3.8) is 0 Å². The van der Waals surface area contributed by atoms with Crippen LogP contribution in [0.3, 0.4) is 0 Å². The number of carbonyl (C=O) groups excluding carboxylic acids is 1. The van der Waals surface area contributed by atoms with Gasteiger partial charge in [0.05, 0.1) is 16.3 Å². The van der Waals surface area contributed by atoms with Crippen molar-refractivity contribution in [3.05, 3.63) is 28.8 Å². The highest BCUT2D eigenvalue weighted by Crippen LogP contribution is 2.20. The zero-order chi connectivity index (χ0) is 13.1. The predicted octanol–water partition coefficient (Wildman–Crippen LogP) is 1.59. The van der Waals surface area contributed by atoms with Gasteiger partial charge in [-0.2, -0.15) is 0 Å². The van der Waals surface area contributed by atoms with Gasteiger partial charge in [0.15, 0.2) is 0 Å². The average Bonchev–Trinajstić information content (AvgIpc) is 2.20. The molecule has 7 heteroatoms. The van der Waals surface area contributed by atoms with Crippen LogP contribution >= 0.6 is 11.6 Å². The van der Waals surface area contributed by atoms with E-state index in [0.717, 1.165) is 0 Å². The standard InChI is InChI=1S/C10H13ClN2O3S/c1-2-5-17(15,16)13-7-3-4-9(11)8(6-7)10(12)14/h3-4,6,13H,2,5H2,1H3,(H2,12,14). The maximum absolute atomic E-state index is 11.5. The minimum Gasteiger partial charge on any atom is -0.366 e. The predicted molar refractivity (Wildman–Crippen MR) is 67.7 cm³/mol. The highest BCUT2D eigenvalue weighted by atomic mass is 35.5. The summed E-state index contributed by atoms with van der Waals surface area (Å²) in [7, 11) is -3.39. The van der Waals surface area contributed by atoms with E-state index in [0.29, 0.717) is 6.42 Å². The van der Waals surface area contributed by atoms with Gasteiger partial charge in [0, 0.05) is 5.69 Å². The Morgan fingerprint density at radius 3 is 2.65 bits per heavy atom. The number of rotatable bonds is 5. The van der Waals surface area contributed by atoms with Gasteiger partial charge in [-0.25, -0.2) is 8.42 Å². The summed E-state index contributed by atoms with van der Waals surface area (Å²) in [6.07, 6.45) is 0.506. The molecule has 0 aromatic heterocycles. The molecule has 0 spiro atoms. The third kappa shape index (κ3) is 3.90. The van der Waals surface area contributed by atoms with E-state index in [4.69, 9.17) is 17.3 Å². The average molecular weight is 277 g/mol. The highest BCUT2D eigenvalue weighted by Gasteiger charge is 2.12. The first kappa shape index (κ1) is 13.8. The lowest BCUT2D eigenvalue weighted by Gasteiger charge is -2.08. The number of halogens is 1. The SMILES string of the molecule is CCCS(=O)(=O)Nc1ccc(Cl)c(C(N)=O)c1. The molecule has 0 atom stereocenters. The van der Waals surface area contributed by atoms with Gasteiger partial charge in [-0.15, -0.1) is 0 Å². The van der Waals surface area contributed by atoms with Crippen LogP contribution in [0.5, 0.6) is 0 Å². The number of hydrogen-bond donors (Lipinski definition) is 2. The van der Waals surface area contributed by atoms with Crippen LogP contribution in [0.1, 0.15) is 23.7 Å². The number of primary amides is 1. The van der Waals surface area contributed by atoms with Gasteiger partial charge < -0.3 is 5.73 Å². The number of benzene rings is 1. The third-order valence-electron chi connectivity index (χ3n) is 1.98. The van der Waals surface area contributed by atoms with Gasteiger partial charge >= 0.3 is 0 Å². The fraction of sp³-hybridized carbons (Fsp3) is 0.300. The summed E-state index contributed by atoms with van der Waals surface area (Å²) < 4.78 is 25.4. The largest absolute Gasteiger partial charge is 0.366 e. The molecule has 0 unspecified atom stereocenters. The van der Waals surface area contributed by atoms with Gasteiger partial charge in [0.1, 0.15) is 0 Å². The molecule has 5 nitrogen and oxygen atoms in total. The molecule has 1 aromatic carbocycles. The normalized spacial score (nSPS) is 11.2. The Balaban J connectivity index is 3.02. The molecule has 0 saturated heterocycles. The second kappa shape index (κ2) is 5.37. The molecule has 94 valence electrons. The Labute approximate surface area is 105 Å². The second-order valence-electron chi connectivity index (χ2n) is 3.48. The molecule has 1 rings (SSSR count). The van der Waals surface area contributed by atoms with Crippen LogP contribution in [0.15, 0.2) is 18.2 Å². The summed E-state index contributed by atoms with van der Waals surface area (Å²) >= 11 is 5.75. The van der Waals surface area contributed by atoms with Crippen LogP contribution < -0.4 is 10.5 Å². The van der Waals surface area contributed by atoms with Crippen molar-refractivity contribution >= 4 is 33.2 Å². The molecule has 3 N–H and O–H groups in total. The summed E-state index contributed by atoms with van der Waals surface area (Å²) in [4.78, 5) is 11.0. The van der Waals surface area contributed by atoms with E-state index in [2.05, 4.69) is 4.72 Å². The topological polar surface area (TPSA) is 89.3 Å². The van der Waals surface area contributed by atoms with Crippen LogP contribution in [0, 0.1) is 0 Å². The zero-order valence-corrected chi connectivity index (χ0v) is 10.8. The fourth-order valence-corrected chi connectivity index (χ4v) is 2.61. The molecule has 0 aliphatic rings. The number of anilines is 1. The van der Waals surface area contributed by atoms with Crippen LogP contribution in [0.4, 0.5) is 5.69 Å². The molecule has 0 bridgehead atoms. The molecular formula is C10H13ClN2O3S. The fourth-order valence-electron chi connectivity index (χ4n) is 1.28. The van der Waals surface area contributed by atoms with E-state index in [1.54, 1.807) is 6.92 Å². The Hall–Kier alpha value is -1.27. The van der Waals surface area contributed by atoms with Crippen LogP contribution in [-0.2, 0) is 10.0 Å². The van der Waals surface area contributed by atoms with E-state index in [1.807, 2.05) is 0 Å². The van der Waals surface area contributed by atoms with Gasteiger partial charge in [0.2, 0.25) is 15.9 Å². The zero-order valence-electron chi connectivity index (χ0n) is 9.23. The maximum Gasteiger partial charge on any atom is 0.250 e. The lowest BCUT2D eigenvalue weighted by molar-refractivity contribution is 0.100. The van der Waals surface area contributed by atoms with Crippen LogP contribution in [0.2, 0.25) is 5.02 Å². The van der Waals surface area contributed by atoms with Crippen molar-refractivity contribution in [3.8, 4) is 0 Å². The first-order chi connectivity index (χ1) is 7.85. The van der Waals surface area contributed by atoms with Gasteiger partial charge in [-0.05, 0) is 24.6 Å². The summed E-state index contributed by atoms with van der Waals surface area (Å²) in [6, 6.07) is 4.21. The lowest BCUT2D eigenvalue weighted by Crippen LogP contribution is -2.17. The number of nitrogens with two attached hydrogens (primary N) is 1. The molecule has 17 heavy (non-hydrogen) atoms. The summed E-state index contributed by atoms with van der Waals surface area (Å²) in [6.45, 7) is 1.76. The summed E-state index contributed by atoms with van der Waals surface area (Å²) in [5.41, 5.74) is 5.47. The molecule has 0 radical (unpaired) electrons. The monoisotopic (exact) mass is 276 g/mol. The molecule has 0 saturated carbocycles. The first-order valence-corrected chi connectivity index (χ1v) is 6.98. The minimum atomic E-state index is -3.39. The third-order valence-corrected chi connectivity index (χ3v) is 3.80. The van der Waals surface area contributed by atoms with Crippen molar-refractivity contribution in [1.29, 1.82) is 0 Å². The second-order valence-corrected chi connectivity index (χ2v) is 5.73. The van der Waals surface area contributed by atoms with Crippen LogP contribution in [-0.4, -0.2) is 20.1 Å². The van der Waals surface area contributed by atoms with E-state index < -0.39 is 15.9 Å². The number of sulfonamides is 1. The molecule has 0 heterocycles. The van der Waals surface area contributed by atoms with Crippen LogP contribution in [0.25, 0.3) is 0 Å². The van der Waals surface area contributed by atoms with Gasteiger partial charge in [-0.3, -0.25) is 9.52 Å². The van der Waals surface area contributed by atoms with Gasteiger partial charge in [-0.1, -0.05) is 18.5 Å². The van der Waals surface area contributed by atoms with E-state index in [9.17, 15) is 13.2 Å². The molecule has 1 amide bonds. The number of amides is 1. The van der Waals surface area contributed by atoms with Crippen molar-refractivity contribution in [2.24, 2.45) is 5.73 Å². The van der Waals surface area contributed by atoms with Crippen molar-refractivity contribution in [1.82, 2.24) is 0 Å². The van der Waals surface area contributed by atoms with Gasteiger partial charge in [0.25, 0.3) is 0 Å². The van der Waals surface area contributed by atoms with Crippen molar-refractivity contribution in [2.75, 3.05) is 10.5 Å². The summed E-state index contributed by atoms with van der Waals surface area (Å²) in [5, 5.41) is 0.191. The summed E-state index contributed by atoms with van der Waals surface area (Å²) in [5.74, 6) is -0.687. The van der Waals surface area contributed by atoms with Crippen molar-refractivity contribution < 1.29 is 13.2 Å². The molecule has 0 aliphatic heterocycles. The lowest BCUT2D eigenvalue weighted by atomic mass is 10.2. The Kier molecular flexibility index (Phi) is 4.36. The Morgan fingerprint density at radius 2 is 2.12 bits per heavy atom. The highest BCUT2D eigenvalue weighted by molar-refractivity contribution is 7.92. The van der Waals surface area contributed by atoms with E-state index >= 15 is 0 Å².